The van der Waals surface area contributed by atoms with Crippen molar-refractivity contribution < 1.29 is 99.9 Å². The minimum Gasteiger partial charge on any atom is -0.784 e. The number of esters is 2. The summed E-state index contributed by atoms with van der Waals surface area (Å²) in [7, 11) is -2.26. The Labute approximate surface area is 257 Å². The van der Waals surface area contributed by atoms with Gasteiger partial charge in [0.15, 0.2) is 9.84 Å². The van der Waals surface area contributed by atoms with Gasteiger partial charge >= 0.3 is 71.1 Å². The summed E-state index contributed by atoms with van der Waals surface area (Å²) in [5, 5.41) is 0. The predicted octanol–water partition coefficient (Wildman–Crippen LogP) is -2.95. The third-order valence-corrected chi connectivity index (χ3v) is 6.58. The van der Waals surface area contributed by atoms with Gasteiger partial charge in [-0.25, -0.2) is 13.2 Å². The number of carbonyl (C=O) groups excluding carboxylic acids is 2. The molecule has 9 nitrogen and oxygen atoms in total. The molecular formula is C21H26Na2O9S3. The van der Waals surface area contributed by atoms with E-state index in [1.807, 2.05) is 0 Å². The summed E-state index contributed by atoms with van der Waals surface area (Å²) >= 11 is -1.78. The number of aryl methyl sites for hydroxylation is 1. The molecule has 0 saturated carbocycles. The molecule has 0 aliphatic carbocycles. The zero-order chi connectivity index (χ0) is 25.6. The van der Waals surface area contributed by atoms with Crippen LogP contribution >= 0.6 is 11.3 Å². The fourth-order valence-electron chi connectivity index (χ4n) is 2.81. The minimum absolute atomic E-state index is 0. The van der Waals surface area contributed by atoms with Crippen molar-refractivity contribution in [2.75, 3.05) is 20.0 Å². The fraction of sp³-hybridized carbons (Fsp3) is 0.429. The number of sulfone groups is 1. The number of carbonyl (C=O) groups is 2. The molecule has 35 heavy (non-hydrogen) atoms. The van der Waals surface area contributed by atoms with Crippen LogP contribution in [0.2, 0.25) is 0 Å². The topological polar surface area (TPSA) is 150 Å². The zero-order valence-corrected chi connectivity index (χ0v) is 27.6. The number of rotatable bonds is 6. The van der Waals surface area contributed by atoms with Crippen molar-refractivity contribution >= 4 is 44.5 Å². The molecule has 0 aliphatic rings. The molecule has 2 aromatic rings. The Morgan fingerprint density at radius 3 is 2.14 bits per heavy atom. The summed E-state index contributed by atoms with van der Waals surface area (Å²) in [6, 6.07) is 6.84. The van der Waals surface area contributed by atoms with Gasteiger partial charge in [0, 0.05) is 28.0 Å². The van der Waals surface area contributed by atoms with E-state index in [1.165, 1.54) is 18.4 Å². The van der Waals surface area contributed by atoms with Crippen molar-refractivity contribution in [2.45, 2.75) is 39.0 Å². The Balaban J connectivity index is 0. The molecule has 1 aromatic carbocycles. The SMILES string of the molecule is COC(=O)c1cc(-c2cccc(CCOC(=O)C(C)(C)C)c2S(C)(=O)=O)sc1C.O=S([O-])[O-].[Na+].[Na+]. The van der Waals surface area contributed by atoms with Gasteiger partial charge in [0.1, 0.15) is 0 Å². The first-order valence-corrected chi connectivity index (χ1v) is 13.3. The van der Waals surface area contributed by atoms with E-state index in [-0.39, 0.29) is 83.0 Å². The molecule has 184 valence electrons. The Morgan fingerprint density at radius 2 is 1.69 bits per heavy atom. The van der Waals surface area contributed by atoms with Crippen molar-refractivity contribution in [3.63, 3.8) is 0 Å². The van der Waals surface area contributed by atoms with Gasteiger partial charge in [-0.3, -0.25) is 9.00 Å². The van der Waals surface area contributed by atoms with E-state index in [9.17, 15) is 18.0 Å². The van der Waals surface area contributed by atoms with Crippen LogP contribution in [-0.2, 0) is 41.9 Å². The summed E-state index contributed by atoms with van der Waals surface area (Å²) < 4.78 is 60.6. The van der Waals surface area contributed by atoms with Crippen LogP contribution in [0.4, 0.5) is 0 Å². The second-order valence-electron chi connectivity index (χ2n) is 7.98. The van der Waals surface area contributed by atoms with E-state index in [0.717, 1.165) is 11.1 Å². The molecule has 0 aliphatic heterocycles. The molecule has 0 atom stereocenters. The van der Waals surface area contributed by atoms with Crippen LogP contribution < -0.4 is 59.1 Å². The molecule has 0 radical (unpaired) electrons. The molecular weight excluding hydrogens is 538 g/mol. The average Bonchev–Trinajstić information content (AvgIpc) is 3.06. The maximum atomic E-state index is 12.6. The van der Waals surface area contributed by atoms with Gasteiger partial charge < -0.3 is 18.6 Å². The molecule has 2 rings (SSSR count). The number of hydrogen-bond donors (Lipinski definition) is 0. The average molecular weight is 565 g/mol. The van der Waals surface area contributed by atoms with Gasteiger partial charge in [-0.1, -0.05) is 18.2 Å². The molecule has 1 aromatic heterocycles. The van der Waals surface area contributed by atoms with Crippen molar-refractivity contribution in [1.29, 1.82) is 0 Å². The van der Waals surface area contributed by atoms with Crippen LogP contribution in [-0.4, -0.2) is 53.6 Å². The van der Waals surface area contributed by atoms with E-state index >= 15 is 0 Å². The molecule has 0 saturated heterocycles. The minimum atomic E-state index is -3.57. The number of methoxy groups -OCH3 is 1. The number of hydrogen-bond acceptors (Lipinski definition) is 10. The Morgan fingerprint density at radius 1 is 1.14 bits per heavy atom. The van der Waals surface area contributed by atoms with Crippen LogP contribution in [0.5, 0.6) is 0 Å². The molecule has 14 heteroatoms. The second-order valence-corrected chi connectivity index (χ2v) is 11.6. The maximum Gasteiger partial charge on any atom is 1.00 e. The van der Waals surface area contributed by atoms with Crippen molar-refractivity contribution in [2.24, 2.45) is 5.41 Å². The summed E-state index contributed by atoms with van der Waals surface area (Å²) in [4.78, 5) is 25.5. The molecule has 0 bridgehead atoms. The summed E-state index contributed by atoms with van der Waals surface area (Å²) in [6.07, 6.45) is 1.42. The number of ether oxygens (including phenoxy) is 2. The summed E-state index contributed by atoms with van der Waals surface area (Å²) in [5.74, 6) is -0.803. The Hall–Kier alpha value is -0.120. The fourth-order valence-corrected chi connectivity index (χ4v) is 5.14. The largest absolute Gasteiger partial charge is 1.00 e. The standard InChI is InChI=1S/C21H26O6S2.2Na.H2O3S/c1-13-16(19(22)26-5)12-17(28-13)15-9-7-8-14(18(15)29(6,24)25)10-11-27-20(23)21(2,3)4;;;1-4(2)3/h7-9,12H,10-11H2,1-6H3;;;(H2,1,2,3)/q;2*+1;/p-2. The maximum absolute atomic E-state index is 12.6. The van der Waals surface area contributed by atoms with Gasteiger partial charge in [-0.2, -0.15) is 0 Å². The van der Waals surface area contributed by atoms with Gasteiger partial charge in [-0.05, 0) is 39.3 Å². The third kappa shape index (κ3) is 11.9. The Kier molecular flexibility index (Phi) is 16.9. The molecule has 1 heterocycles. The van der Waals surface area contributed by atoms with Gasteiger partial charge in [0.2, 0.25) is 0 Å². The van der Waals surface area contributed by atoms with E-state index < -0.39 is 32.6 Å². The van der Waals surface area contributed by atoms with Gasteiger partial charge in [0.25, 0.3) is 0 Å². The molecule has 0 fully saturated rings. The smallest absolute Gasteiger partial charge is 0.784 e. The quantitative estimate of drug-likeness (QED) is 0.204. The van der Waals surface area contributed by atoms with Gasteiger partial charge in [-0.15, -0.1) is 22.7 Å². The molecule has 0 spiro atoms. The van der Waals surface area contributed by atoms with Gasteiger partial charge in [0.05, 0.1) is 29.6 Å². The monoisotopic (exact) mass is 564 g/mol. The third-order valence-electron chi connectivity index (χ3n) is 4.27. The number of thiophene rings is 1. The first-order valence-electron chi connectivity index (χ1n) is 9.54. The zero-order valence-electron chi connectivity index (χ0n) is 21.1. The number of benzene rings is 1. The van der Waals surface area contributed by atoms with Crippen molar-refractivity contribution in [3.8, 4) is 10.4 Å². The van der Waals surface area contributed by atoms with Crippen LogP contribution in [0.1, 0.15) is 41.6 Å². The first kappa shape index (κ1) is 37.0. The van der Waals surface area contributed by atoms with Crippen LogP contribution in [0.25, 0.3) is 10.4 Å². The van der Waals surface area contributed by atoms with E-state index in [0.29, 0.717) is 21.6 Å². The normalized spacial score (nSPS) is 10.9. The van der Waals surface area contributed by atoms with E-state index in [1.54, 1.807) is 52.0 Å². The van der Waals surface area contributed by atoms with E-state index in [2.05, 4.69) is 0 Å². The van der Waals surface area contributed by atoms with Crippen molar-refractivity contribution in [3.05, 3.63) is 40.3 Å². The second kappa shape index (κ2) is 16.0. The van der Waals surface area contributed by atoms with Crippen LogP contribution in [0.15, 0.2) is 29.2 Å². The molecule has 0 unspecified atom stereocenters. The van der Waals surface area contributed by atoms with Crippen LogP contribution in [0.3, 0.4) is 0 Å². The van der Waals surface area contributed by atoms with Crippen LogP contribution in [0, 0.1) is 12.3 Å². The summed E-state index contributed by atoms with van der Waals surface area (Å²) in [6.45, 7) is 7.15. The Bertz CT molecular complexity index is 1130. The molecule has 0 N–H and O–H groups in total. The first-order chi connectivity index (χ1) is 15.1. The predicted molar refractivity (Wildman–Crippen MR) is 123 cm³/mol. The van der Waals surface area contributed by atoms with E-state index in [4.69, 9.17) is 22.8 Å². The summed E-state index contributed by atoms with van der Waals surface area (Å²) in [5.41, 5.74) is 0.879. The molecule has 0 amide bonds. The van der Waals surface area contributed by atoms with Crippen molar-refractivity contribution in [1.82, 2.24) is 0 Å².